The molecule has 1 aliphatic rings. The van der Waals surface area contributed by atoms with Crippen molar-refractivity contribution in [2.24, 2.45) is 23.2 Å². The fourth-order valence-corrected chi connectivity index (χ4v) is 16.4. The lowest BCUT2D eigenvalue weighted by Crippen LogP contribution is -2.61. The number of esters is 1. The number of aliphatic hydroxyl groups is 1. The number of carboxylic acid groups (broad SMARTS) is 3. The van der Waals surface area contributed by atoms with Gasteiger partial charge >= 0.3 is 23.9 Å². The number of carbonyl (C=O) groups excluding carboxylic acids is 16. The minimum absolute atomic E-state index is 0.0219. The highest BCUT2D eigenvalue weighted by Crippen LogP contribution is 2.27. The lowest BCUT2D eigenvalue weighted by atomic mass is 9.98. The Labute approximate surface area is 821 Å². The van der Waals surface area contributed by atoms with Gasteiger partial charge < -0.3 is 134 Å². The molecule has 13 atom stereocenters. The molecule has 1 saturated heterocycles. The van der Waals surface area contributed by atoms with E-state index in [1.54, 1.807) is 76.2 Å². The highest BCUT2D eigenvalue weighted by atomic mass is 33.1. The fourth-order valence-electron chi connectivity index (χ4n) is 14.1. The van der Waals surface area contributed by atoms with Crippen LogP contribution in [0.5, 0.6) is 5.75 Å². The van der Waals surface area contributed by atoms with Gasteiger partial charge in [-0.15, -0.1) is 0 Å². The van der Waals surface area contributed by atoms with Gasteiger partial charge in [-0.1, -0.05) is 126 Å². The van der Waals surface area contributed by atoms with Crippen LogP contribution in [0.3, 0.4) is 0 Å². The molecule has 3 heterocycles. The van der Waals surface area contributed by atoms with Gasteiger partial charge in [0.15, 0.2) is 17.6 Å². The van der Waals surface area contributed by atoms with E-state index in [1.807, 2.05) is 0 Å². The van der Waals surface area contributed by atoms with Crippen LogP contribution in [0.25, 0.3) is 21.8 Å². The number of hydrogen-bond donors (Lipinski definition) is 21. The van der Waals surface area contributed by atoms with Gasteiger partial charge in [-0.05, 0) is 97.2 Å². The van der Waals surface area contributed by atoms with Crippen molar-refractivity contribution in [1.29, 1.82) is 0 Å². The van der Waals surface area contributed by atoms with Gasteiger partial charge in [-0.2, -0.15) is 0 Å². The van der Waals surface area contributed by atoms with Crippen molar-refractivity contribution in [1.82, 2.24) is 89.7 Å². The largest absolute Gasteiger partial charge is 0.481 e. The molecule has 5 aromatic rings. The zero-order chi connectivity index (χ0) is 104. The van der Waals surface area contributed by atoms with Crippen molar-refractivity contribution >= 4 is 156 Å². The van der Waals surface area contributed by atoms with E-state index in [2.05, 4.69) is 110 Å². The van der Waals surface area contributed by atoms with Gasteiger partial charge in [-0.3, -0.25) is 86.3 Å². The van der Waals surface area contributed by atoms with Crippen LogP contribution < -0.4 is 84.5 Å². The molecule has 776 valence electrons. The first kappa shape index (κ1) is 117. The summed E-state index contributed by atoms with van der Waals surface area (Å²) < 4.78 is 43.0. The number of aromatic amines is 2. The Kier molecular flexibility index (Phi) is 48.9. The highest BCUT2D eigenvalue weighted by Gasteiger charge is 2.40. The van der Waals surface area contributed by atoms with E-state index in [0.717, 1.165) is 32.9 Å². The van der Waals surface area contributed by atoms with Crippen molar-refractivity contribution in [2.75, 3.05) is 77.5 Å². The maximum Gasteiger partial charge on any atom is 0.328 e. The number of hydrogen-bond acceptors (Lipinski definition) is 27. The molecule has 0 unspecified atom stereocenters. The van der Waals surface area contributed by atoms with Crippen LogP contribution in [-0.2, 0) is 129 Å². The van der Waals surface area contributed by atoms with Crippen LogP contribution in [0, 0.1) is 29.0 Å². The number of aliphatic carboxylic acids is 3. The number of aliphatic hydroxyl groups excluding tert-OH is 1. The molecule has 1 aliphatic heterocycles. The summed E-state index contributed by atoms with van der Waals surface area (Å²) >= 11 is 0. The van der Waals surface area contributed by atoms with E-state index in [0.29, 0.717) is 74.3 Å². The summed E-state index contributed by atoms with van der Waals surface area (Å²) in [7, 11) is 1.38. The molecule has 0 spiro atoms. The highest BCUT2D eigenvalue weighted by molar-refractivity contribution is 8.76. The van der Waals surface area contributed by atoms with Gasteiger partial charge in [-0.25, -0.2) is 9.18 Å². The SMILES string of the molecule is CC(=O)N[C@@H](CC(=O)O)C(=O)N[C@H]1CSSC[C@@H](C(=O)N[C@H](C(=O)O)[C@@H](C)O)NC(=O)[C@H](Cc2c[nH]c3ccccc23)NC(=O)[C@H](C(C)C)NC(=O)[C@H](CC(C)C)NC(=O)[C@H](CCC(=O)O)NC(=O)CNC(=O)[C@H](CC(C)C)NC(=O)[C@H](CC(=O)NCc2ccc(OC(=O)CCOCCOCCNC(=O)CCOCCOCC(C)(C)C)c(F)c2)NC(=O)[C@H](Cc2c[nH]c3ccccc23)NC(=O)[C@H](C)NC1=O. The second-order valence-corrected chi connectivity index (χ2v) is 38.6. The number of carbonyl (C=O) groups is 19. The Balaban J connectivity index is 1.36. The Hall–Kier alpha value is -12.9. The summed E-state index contributed by atoms with van der Waals surface area (Å²) in [5, 5.41) is 78.7. The van der Waals surface area contributed by atoms with Gasteiger partial charge in [0.1, 0.15) is 66.5 Å². The van der Waals surface area contributed by atoms with E-state index in [4.69, 9.17) is 23.7 Å². The fraction of sp³-hybridized carbons (Fsp3) is 0.559. The number of amides is 15. The van der Waals surface area contributed by atoms with E-state index in [1.165, 1.54) is 32.3 Å². The number of fused-ring (bicyclic) bond motifs is 2. The third-order valence-electron chi connectivity index (χ3n) is 21.3. The number of H-pyrrole nitrogens is 2. The number of ether oxygens (including phenoxy) is 5. The average molecular weight is 2020 g/mol. The van der Waals surface area contributed by atoms with Crippen LogP contribution >= 0.6 is 21.6 Å². The van der Waals surface area contributed by atoms with E-state index >= 15 is 18.8 Å². The molecule has 3 aromatic carbocycles. The molecule has 0 aliphatic carbocycles. The quantitative estimate of drug-likeness (QED) is 0.0107. The van der Waals surface area contributed by atoms with Crippen molar-refractivity contribution in [3.05, 3.63) is 102 Å². The van der Waals surface area contributed by atoms with Crippen LogP contribution in [0.1, 0.15) is 151 Å². The van der Waals surface area contributed by atoms with E-state index in [-0.39, 0.29) is 88.6 Å². The minimum Gasteiger partial charge on any atom is -0.481 e. The molecule has 0 saturated carbocycles. The van der Waals surface area contributed by atoms with Crippen LogP contribution in [0.15, 0.2) is 79.1 Å². The zero-order valence-electron chi connectivity index (χ0n) is 80.8. The Morgan fingerprint density at radius 2 is 1.07 bits per heavy atom. The first-order valence-electron chi connectivity index (χ1n) is 46.1. The lowest BCUT2D eigenvalue weighted by molar-refractivity contribution is -0.145. The second kappa shape index (κ2) is 59.0. The van der Waals surface area contributed by atoms with Crippen LogP contribution in [-0.4, -0.2) is 299 Å². The molecule has 15 amide bonds. The molecule has 1 fully saturated rings. The number of nitrogens with one attached hydrogen (secondary N) is 17. The Morgan fingerprint density at radius 1 is 0.539 bits per heavy atom. The van der Waals surface area contributed by atoms with Gasteiger partial charge in [0.25, 0.3) is 0 Å². The third-order valence-corrected chi connectivity index (χ3v) is 23.7. The van der Waals surface area contributed by atoms with E-state index < -0.39 is 271 Å². The van der Waals surface area contributed by atoms with Crippen molar-refractivity contribution < 1.29 is 140 Å². The number of para-hydroxylation sites is 2. The summed E-state index contributed by atoms with van der Waals surface area (Å²) in [6.45, 7) is 19.5. The third kappa shape index (κ3) is 42.2. The van der Waals surface area contributed by atoms with Gasteiger partial charge in [0.2, 0.25) is 88.6 Å². The van der Waals surface area contributed by atoms with E-state index in [9.17, 15) is 97.1 Å². The summed E-state index contributed by atoms with van der Waals surface area (Å²) in [5.74, 6) is -26.0. The minimum atomic E-state index is -2.04. The van der Waals surface area contributed by atoms with Gasteiger partial charge in [0, 0.05) is 91.4 Å². The molecular weight excluding hydrogens is 1890 g/mol. The number of benzene rings is 3. The Morgan fingerprint density at radius 3 is 1.63 bits per heavy atom. The molecule has 141 heavy (non-hydrogen) atoms. The zero-order valence-corrected chi connectivity index (χ0v) is 82.4. The first-order chi connectivity index (χ1) is 66.6. The molecule has 45 nitrogen and oxygen atoms in total. The van der Waals surface area contributed by atoms with Crippen molar-refractivity contribution in [3.8, 4) is 5.75 Å². The number of aromatic nitrogens is 2. The van der Waals surface area contributed by atoms with Crippen LogP contribution in [0.4, 0.5) is 4.39 Å². The molecule has 21 N–H and O–H groups in total. The summed E-state index contributed by atoms with van der Waals surface area (Å²) in [5.41, 5.74) is 1.99. The maximum atomic E-state index is 15.8. The topological polar surface area (TPSA) is 663 Å². The smallest absolute Gasteiger partial charge is 0.328 e. The summed E-state index contributed by atoms with van der Waals surface area (Å²) in [6.07, 6.45) is -3.49. The van der Waals surface area contributed by atoms with Crippen molar-refractivity contribution in [2.45, 2.75) is 232 Å². The predicted octanol–water partition coefficient (Wildman–Crippen LogP) is 0.116. The summed E-state index contributed by atoms with van der Waals surface area (Å²) in [4.78, 5) is 272. The normalized spacial score (nSPS) is 20.4. The monoisotopic (exact) mass is 2020 g/mol. The maximum absolute atomic E-state index is 15.8. The first-order valence-corrected chi connectivity index (χ1v) is 48.5. The average Bonchev–Trinajstić information content (AvgIpc) is 1.71. The predicted molar refractivity (Wildman–Crippen MR) is 512 cm³/mol. The van der Waals surface area contributed by atoms with Gasteiger partial charge in [0.05, 0.1) is 84.8 Å². The summed E-state index contributed by atoms with van der Waals surface area (Å²) in [6, 6.07) is -4.58. The molecule has 0 radical (unpaired) electrons. The molecule has 48 heteroatoms. The standard InChI is InChI=1S/C93H132FN17O28S2/c1-49(2)35-64-82(123)99-45-75(116)102-63(22-24-76(117)118)83(124)105-65(36-50(3)4)88(129)110-79(51(5)6)91(132)107-67(39-57-44-97-62-20-16-14-18-59(57)62)85(126)109-71(90(131)111-80(53(8)112)92(133)134)47-141-140-46-70(108-87(128)69(41-77(119)120)101-54(9)113)89(130)100-52(7)81(122)103-66(38-56-43-96-61-19-15-13-17-58(56)61)84(125)106-68(86(127)104-64)40-74(115)98-42-55-21-23-72(60(94)37-55)139-78(121)26-29-136-31-32-137-30-27-95-73(114)25-28-135-33-34-138-48-93(10,11)12/h13-21,23,37,43-44,49-53,63-71,79-80,96-97,112H,22,24-36,38-42,45-48H2,1-12H3,(H,95,114)(H,98,115)(H,99,123)(H,100,130)(H,101,113)(H,102,116)(H,103,122)(H,104,127)(H,105,124)(H,106,125)(H,107,132)(H,108,128)(H,109,126)(H,110,129)(H,111,131)(H,117,118)(H,119,120)(H,133,134)/t52-,53+,63-,64-,65-,66-,67-,68-,69-,70-,71-,79-,80-/m0/s1. The second-order valence-electron chi connectivity index (χ2n) is 36.1. The number of carboxylic acids is 3. The van der Waals surface area contributed by atoms with Crippen LogP contribution in [0.2, 0.25) is 0 Å². The molecule has 0 bridgehead atoms. The molecule has 6 rings (SSSR count). The van der Waals surface area contributed by atoms with Crippen molar-refractivity contribution in [3.63, 3.8) is 0 Å². The molecular formula is C93H132FN17O28S2. The molecule has 2 aromatic heterocycles. The lowest BCUT2D eigenvalue weighted by Gasteiger charge is -2.29. The number of rotatable bonds is 42. The Bertz CT molecular complexity index is 5130. The number of halogens is 1.